The highest BCUT2D eigenvalue weighted by molar-refractivity contribution is 5.96. The van der Waals surface area contributed by atoms with E-state index in [1.54, 1.807) is 23.1 Å². The topological polar surface area (TPSA) is 78.1 Å². The predicted molar refractivity (Wildman–Crippen MR) is 104 cm³/mol. The second-order valence-electron chi connectivity index (χ2n) is 6.77. The van der Waals surface area contributed by atoms with Crippen molar-refractivity contribution in [2.75, 3.05) is 19.6 Å². The van der Waals surface area contributed by atoms with Crippen LogP contribution in [0.1, 0.15) is 39.4 Å². The van der Waals surface area contributed by atoms with Crippen molar-refractivity contribution in [3.8, 4) is 0 Å². The van der Waals surface area contributed by atoms with Gasteiger partial charge in [-0.1, -0.05) is 24.3 Å². The van der Waals surface area contributed by atoms with Gasteiger partial charge in [-0.25, -0.2) is 4.98 Å². The quantitative estimate of drug-likeness (QED) is 0.733. The third-order valence-corrected chi connectivity index (χ3v) is 4.95. The van der Waals surface area contributed by atoms with Crippen molar-refractivity contribution < 1.29 is 9.59 Å². The molecule has 6 heteroatoms. The molecule has 2 aromatic heterocycles. The van der Waals surface area contributed by atoms with Gasteiger partial charge in [-0.05, 0) is 43.0 Å². The number of hydrogen-bond donors (Lipinski definition) is 2. The maximum atomic E-state index is 12.4. The lowest BCUT2D eigenvalue weighted by Crippen LogP contribution is -2.30. The number of carbonyl (C=O) groups is 2. The van der Waals surface area contributed by atoms with Gasteiger partial charge in [0.1, 0.15) is 11.4 Å². The number of H-pyrrole nitrogens is 1. The van der Waals surface area contributed by atoms with Gasteiger partial charge in [0, 0.05) is 36.7 Å². The zero-order valence-electron chi connectivity index (χ0n) is 15.1. The second-order valence-corrected chi connectivity index (χ2v) is 6.77. The van der Waals surface area contributed by atoms with E-state index in [1.807, 2.05) is 24.4 Å². The van der Waals surface area contributed by atoms with Crippen LogP contribution >= 0.6 is 0 Å². The smallest absolute Gasteiger partial charge is 0.272 e. The third-order valence-electron chi connectivity index (χ3n) is 4.95. The number of fused-ring (bicyclic) bond motifs is 1. The molecule has 4 rings (SSSR count). The van der Waals surface area contributed by atoms with Crippen LogP contribution in [0.25, 0.3) is 10.9 Å². The fourth-order valence-electron chi connectivity index (χ4n) is 3.50. The highest BCUT2D eigenvalue weighted by Crippen LogP contribution is 2.17. The molecule has 3 aromatic rings. The molecule has 3 heterocycles. The lowest BCUT2D eigenvalue weighted by Gasteiger charge is -2.14. The number of nitrogens with one attached hydrogen (secondary N) is 2. The van der Waals surface area contributed by atoms with Crippen molar-refractivity contribution in [2.45, 2.75) is 19.3 Å². The molecule has 1 aliphatic rings. The van der Waals surface area contributed by atoms with Crippen LogP contribution < -0.4 is 5.32 Å². The SMILES string of the molecule is O=C(NCCc1c[nH]c2ccccc12)c1cccc(C(=O)N2CCCC2)n1. The fraction of sp³-hybridized carbons (Fsp3) is 0.286. The van der Waals surface area contributed by atoms with Gasteiger partial charge in [-0.3, -0.25) is 9.59 Å². The minimum Gasteiger partial charge on any atom is -0.361 e. The van der Waals surface area contributed by atoms with Crippen molar-refractivity contribution in [3.05, 3.63) is 65.6 Å². The first kappa shape index (κ1) is 17.3. The van der Waals surface area contributed by atoms with Crippen LogP contribution in [-0.4, -0.2) is 46.3 Å². The van der Waals surface area contributed by atoms with Gasteiger partial charge in [-0.15, -0.1) is 0 Å². The summed E-state index contributed by atoms with van der Waals surface area (Å²) in [5, 5.41) is 4.07. The van der Waals surface area contributed by atoms with Crippen LogP contribution in [0.15, 0.2) is 48.7 Å². The molecule has 2 N–H and O–H groups in total. The fourth-order valence-corrected chi connectivity index (χ4v) is 3.50. The molecule has 6 nitrogen and oxygen atoms in total. The predicted octanol–water partition coefficient (Wildman–Crippen LogP) is 2.77. The highest BCUT2D eigenvalue weighted by Gasteiger charge is 2.21. The Morgan fingerprint density at radius 2 is 1.81 bits per heavy atom. The number of likely N-dealkylation sites (tertiary alicyclic amines) is 1. The molecular formula is C21H22N4O2. The lowest BCUT2D eigenvalue weighted by molar-refractivity contribution is 0.0787. The van der Waals surface area contributed by atoms with E-state index in [2.05, 4.69) is 21.4 Å². The van der Waals surface area contributed by atoms with Gasteiger partial charge in [0.25, 0.3) is 11.8 Å². The van der Waals surface area contributed by atoms with E-state index in [0.717, 1.165) is 43.4 Å². The van der Waals surface area contributed by atoms with E-state index in [4.69, 9.17) is 0 Å². The zero-order chi connectivity index (χ0) is 18.6. The molecule has 0 radical (unpaired) electrons. The Hall–Kier alpha value is -3.15. The van der Waals surface area contributed by atoms with Gasteiger partial charge in [0.15, 0.2) is 0 Å². The average Bonchev–Trinajstić information content (AvgIpc) is 3.38. The number of carbonyl (C=O) groups excluding carboxylic acids is 2. The van der Waals surface area contributed by atoms with Gasteiger partial charge in [0.05, 0.1) is 0 Å². The molecule has 0 unspecified atom stereocenters. The van der Waals surface area contributed by atoms with Gasteiger partial charge >= 0.3 is 0 Å². The number of pyridine rings is 1. The molecule has 0 saturated carbocycles. The Bertz CT molecular complexity index is 973. The summed E-state index contributed by atoms with van der Waals surface area (Å²) in [7, 11) is 0. The lowest BCUT2D eigenvalue weighted by atomic mass is 10.1. The Balaban J connectivity index is 1.38. The first-order valence-electron chi connectivity index (χ1n) is 9.32. The largest absolute Gasteiger partial charge is 0.361 e. The van der Waals surface area contributed by atoms with E-state index in [0.29, 0.717) is 12.2 Å². The molecule has 138 valence electrons. The Morgan fingerprint density at radius 3 is 2.67 bits per heavy atom. The Labute approximate surface area is 157 Å². The van der Waals surface area contributed by atoms with Crippen molar-refractivity contribution in [2.24, 2.45) is 0 Å². The van der Waals surface area contributed by atoms with Crippen LogP contribution in [0.5, 0.6) is 0 Å². The molecule has 0 bridgehead atoms. The molecule has 1 saturated heterocycles. The third kappa shape index (κ3) is 3.69. The van der Waals surface area contributed by atoms with Crippen LogP contribution in [0.3, 0.4) is 0 Å². The molecule has 0 atom stereocenters. The second kappa shape index (κ2) is 7.61. The summed E-state index contributed by atoms with van der Waals surface area (Å²) in [6, 6.07) is 13.1. The summed E-state index contributed by atoms with van der Waals surface area (Å²) in [5.74, 6) is -0.355. The molecule has 1 aliphatic heterocycles. The summed E-state index contributed by atoms with van der Waals surface area (Å²) in [4.78, 5) is 34.2. The number of benzene rings is 1. The van der Waals surface area contributed by atoms with Gasteiger partial charge < -0.3 is 15.2 Å². The first-order chi connectivity index (χ1) is 13.2. The molecule has 0 spiro atoms. The average molecular weight is 362 g/mol. The highest BCUT2D eigenvalue weighted by atomic mass is 16.2. The number of nitrogens with zero attached hydrogens (tertiary/aromatic N) is 2. The van der Waals surface area contributed by atoms with Crippen molar-refractivity contribution >= 4 is 22.7 Å². The van der Waals surface area contributed by atoms with Crippen LogP contribution in [0, 0.1) is 0 Å². The molecule has 2 amide bonds. The number of rotatable bonds is 5. The number of para-hydroxylation sites is 1. The first-order valence-corrected chi connectivity index (χ1v) is 9.32. The van der Waals surface area contributed by atoms with Crippen LogP contribution in [0.4, 0.5) is 0 Å². The Morgan fingerprint density at radius 1 is 1.04 bits per heavy atom. The molecule has 0 aliphatic carbocycles. The monoisotopic (exact) mass is 362 g/mol. The van der Waals surface area contributed by atoms with E-state index in [1.165, 1.54) is 5.39 Å². The zero-order valence-corrected chi connectivity index (χ0v) is 15.1. The normalized spacial score (nSPS) is 13.9. The maximum absolute atomic E-state index is 12.4. The number of amides is 2. The summed E-state index contributed by atoms with van der Waals surface area (Å²) >= 11 is 0. The summed E-state index contributed by atoms with van der Waals surface area (Å²) in [6.07, 6.45) is 4.76. The van der Waals surface area contributed by atoms with Crippen molar-refractivity contribution in [3.63, 3.8) is 0 Å². The summed E-state index contributed by atoms with van der Waals surface area (Å²) in [5.41, 5.74) is 2.87. The summed E-state index contributed by atoms with van der Waals surface area (Å²) in [6.45, 7) is 2.04. The standard InChI is InChI=1S/C21H22N4O2/c26-20(22-11-10-15-14-23-17-7-2-1-6-16(15)17)18-8-5-9-19(24-18)21(27)25-12-3-4-13-25/h1-2,5-9,14,23H,3-4,10-13H2,(H,22,26). The minimum absolute atomic E-state index is 0.0963. The van der Waals surface area contributed by atoms with Crippen LogP contribution in [-0.2, 0) is 6.42 Å². The van der Waals surface area contributed by atoms with E-state index in [9.17, 15) is 9.59 Å². The van der Waals surface area contributed by atoms with Crippen molar-refractivity contribution in [1.29, 1.82) is 0 Å². The van der Waals surface area contributed by atoms with E-state index in [-0.39, 0.29) is 17.5 Å². The number of hydrogen-bond acceptors (Lipinski definition) is 3. The molecule has 1 aromatic carbocycles. The molecule has 1 fully saturated rings. The van der Waals surface area contributed by atoms with Crippen molar-refractivity contribution in [1.82, 2.24) is 20.2 Å². The summed E-state index contributed by atoms with van der Waals surface area (Å²) < 4.78 is 0. The van der Waals surface area contributed by atoms with Gasteiger partial charge in [-0.2, -0.15) is 0 Å². The van der Waals surface area contributed by atoms with E-state index < -0.39 is 0 Å². The Kier molecular flexibility index (Phi) is 4.87. The number of aromatic amines is 1. The number of aromatic nitrogens is 2. The molecule has 27 heavy (non-hydrogen) atoms. The van der Waals surface area contributed by atoms with E-state index >= 15 is 0 Å². The van der Waals surface area contributed by atoms with Gasteiger partial charge in [0.2, 0.25) is 0 Å². The maximum Gasteiger partial charge on any atom is 0.272 e. The minimum atomic E-state index is -0.258. The molecular weight excluding hydrogens is 340 g/mol. The van der Waals surface area contributed by atoms with Crippen LogP contribution in [0.2, 0.25) is 0 Å².